The van der Waals surface area contributed by atoms with Crippen molar-refractivity contribution in [3.05, 3.63) is 41.5 Å². The zero-order valence-electron chi connectivity index (χ0n) is 11.7. The van der Waals surface area contributed by atoms with E-state index in [1.54, 1.807) is 7.11 Å². The van der Waals surface area contributed by atoms with Crippen LogP contribution in [0.15, 0.2) is 28.8 Å². The Kier molecular flexibility index (Phi) is 3.57. The van der Waals surface area contributed by atoms with E-state index in [4.69, 9.17) is 15.0 Å². The highest BCUT2D eigenvalue weighted by molar-refractivity contribution is 5.32. The van der Waals surface area contributed by atoms with Crippen LogP contribution in [0.3, 0.4) is 0 Å². The lowest BCUT2D eigenvalue weighted by Gasteiger charge is -2.11. The summed E-state index contributed by atoms with van der Waals surface area (Å²) in [5.41, 5.74) is 6.86. The Balaban J connectivity index is 2.28. The second-order valence-corrected chi connectivity index (χ2v) is 5.46. The number of hydrogen-bond donors (Lipinski definition) is 1. The molecule has 0 aliphatic rings. The molecule has 19 heavy (non-hydrogen) atoms. The first kappa shape index (κ1) is 13.5. The summed E-state index contributed by atoms with van der Waals surface area (Å²) in [5.74, 6) is 1.83. The summed E-state index contributed by atoms with van der Waals surface area (Å²) in [5, 5.41) is 3.96. The average molecular weight is 261 g/mol. The Morgan fingerprint density at radius 1 is 1.32 bits per heavy atom. The molecule has 5 heteroatoms. The molecule has 0 radical (unpaired) electrons. The summed E-state index contributed by atoms with van der Waals surface area (Å²) in [6.07, 6.45) is 0. The molecule has 1 aromatic carbocycles. The third kappa shape index (κ3) is 2.93. The minimum atomic E-state index is -0.421. The van der Waals surface area contributed by atoms with E-state index >= 15 is 0 Å². The first-order valence-corrected chi connectivity index (χ1v) is 6.15. The van der Waals surface area contributed by atoms with Crippen molar-refractivity contribution in [2.24, 2.45) is 5.73 Å². The molecule has 2 N–H and O–H groups in total. The lowest BCUT2D eigenvalue weighted by molar-refractivity contribution is 0.317. The Morgan fingerprint density at radius 2 is 2.05 bits per heavy atom. The molecule has 0 aliphatic carbocycles. The van der Waals surface area contributed by atoms with Gasteiger partial charge in [0.2, 0.25) is 5.89 Å². The van der Waals surface area contributed by atoms with E-state index in [1.807, 2.05) is 45.0 Å². The quantitative estimate of drug-likeness (QED) is 0.918. The minimum Gasteiger partial charge on any atom is -0.497 e. The fourth-order valence-corrected chi connectivity index (χ4v) is 1.65. The molecule has 0 saturated heterocycles. The Hall–Kier alpha value is -1.88. The van der Waals surface area contributed by atoms with Crippen molar-refractivity contribution in [3.8, 4) is 5.75 Å². The molecule has 1 aromatic heterocycles. The van der Waals surface area contributed by atoms with Gasteiger partial charge >= 0.3 is 0 Å². The van der Waals surface area contributed by atoms with E-state index in [-0.39, 0.29) is 5.41 Å². The van der Waals surface area contributed by atoms with Crippen molar-refractivity contribution in [1.82, 2.24) is 10.1 Å². The first-order chi connectivity index (χ1) is 8.91. The van der Waals surface area contributed by atoms with E-state index in [2.05, 4.69) is 10.1 Å². The maximum Gasteiger partial charge on any atom is 0.232 e. The van der Waals surface area contributed by atoms with Crippen LogP contribution in [0.2, 0.25) is 0 Å². The van der Waals surface area contributed by atoms with Gasteiger partial charge in [-0.05, 0) is 17.7 Å². The van der Waals surface area contributed by atoms with Crippen LogP contribution in [-0.4, -0.2) is 17.3 Å². The Morgan fingerprint density at radius 3 is 2.63 bits per heavy atom. The number of hydrogen-bond acceptors (Lipinski definition) is 5. The van der Waals surface area contributed by atoms with Crippen LogP contribution in [0.25, 0.3) is 0 Å². The number of aromatic nitrogens is 2. The fourth-order valence-electron chi connectivity index (χ4n) is 1.65. The largest absolute Gasteiger partial charge is 0.497 e. The predicted molar refractivity (Wildman–Crippen MR) is 72.0 cm³/mol. The molecule has 0 bridgehead atoms. The first-order valence-electron chi connectivity index (χ1n) is 6.15. The van der Waals surface area contributed by atoms with Gasteiger partial charge in [0, 0.05) is 5.41 Å². The number of ether oxygens (including phenoxy) is 1. The molecule has 0 saturated carbocycles. The third-order valence-corrected chi connectivity index (χ3v) is 2.81. The number of methoxy groups -OCH3 is 1. The molecule has 2 aromatic rings. The van der Waals surface area contributed by atoms with Crippen molar-refractivity contribution in [3.63, 3.8) is 0 Å². The van der Waals surface area contributed by atoms with Crippen molar-refractivity contribution in [1.29, 1.82) is 0 Å². The molecule has 5 nitrogen and oxygen atoms in total. The van der Waals surface area contributed by atoms with E-state index in [0.29, 0.717) is 11.7 Å². The summed E-state index contributed by atoms with van der Waals surface area (Å²) in [4.78, 5) is 4.37. The number of rotatable bonds is 3. The molecule has 1 atom stereocenters. The summed E-state index contributed by atoms with van der Waals surface area (Å²) in [6, 6.07) is 7.12. The van der Waals surface area contributed by atoms with Crippen LogP contribution in [-0.2, 0) is 5.41 Å². The average Bonchev–Trinajstić information content (AvgIpc) is 2.87. The van der Waals surface area contributed by atoms with Crippen LogP contribution < -0.4 is 10.5 Å². The van der Waals surface area contributed by atoms with E-state index in [0.717, 1.165) is 11.3 Å². The van der Waals surface area contributed by atoms with Gasteiger partial charge in [-0.1, -0.05) is 38.1 Å². The maximum absolute atomic E-state index is 6.16. The highest BCUT2D eigenvalue weighted by Gasteiger charge is 2.24. The van der Waals surface area contributed by atoms with Gasteiger partial charge in [0.25, 0.3) is 0 Å². The van der Waals surface area contributed by atoms with E-state index in [1.165, 1.54) is 0 Å². The molecule has 1 unspecified atom stereocenters. The highest BCUT2D eigenvalue weighted by Crippen LogP contribution is 2.25. The summed E-state index contributed by atoms with van der Waals surface area (Å²) >= 11 is 0. The molecule has 0 amide bonds. The third-order valence-electron chi connectivity index (χ3n) is 2.81. The monoisotopic (exact) mass is 261 g/mol. The zero-order valence-corrected chi connectivity index (χ0v) is 11.7. The van der Waals surface area contributed by atoms with Gasteiger partial charge in [0.05, 0.1) is 13.2 Å². The molecular weight excluding hydrogens is 242 g/mol. The Labute approximate surface area is 112 Å². The SMILES string of the molecule is COc1cccc(C(N)c2noc(C(C)(C)C)n2)c1. The van der Waals surface area contributed by atoms with E-state index in [9.17, 15) is 0 Å². The molecular formula is C14H19N3O2. The molecule has 0 spiro atoms. The number of benzene rings is 1. The standard InChI is InChI=1S/C14H19N3O2/c1-14(2,3)13-16-12(17-19-13)11(15)9-6-5-7-10(8-9)18-4/h5-8,11H,15H2,1-4H3. The second kappa shape index (κ2) is 5.01. The normalized spacial score (nSPS) is 13.3. The lowest BCUT2D eigenvalue weighted by atomic mass is 9.97. The van der Waals surface area contributed by atoms with Gasteiger partial charge in [0.15, 0.2) is 5.82 Å². The topological polar surface area (TPSA) is 74.2 Å². The van der Waals surface area contributed by atoms with Crippen LogP contribution >= 0.6 is 0 Å². The molecule has 0 fully saturated rings. The van der Waals surface area contributed by atoms with Crippen molar-refractivity contribution in [2.75, 3.05) is 7.11 Å². The van der Waals surface area contributed by atoms with Gasteiger partial charge in [-0.3, -0.25) is 0 Å². The number of nitrogens with zero attached hydrogens (tertiary/aromatic N) is 2. The smallest absolute Gasteiger partial charge is 0.232 e. The van der Waals surface area contributed by atoms with Crippen molar-refractivity contribution >= 4 is 0 Å². The van der Waals surface area contributed by atoms with Crippen LogP contribution in [0.1, 0.15) is 44.1 Å². The van der Waals surface area contributed by atoms with Gasteiger partial charge in [0.1, 0.15) is 5.75 Å². The summed E-state index contributed by atoms with van der Waals surface area (Å²) in [7, 11) is 1.62. The van der Waals surface area contributed by atoms with Crippen LogP contribution in [0.4, 0.5) is 0 Å². The van der Waals surface area contributed by atoms with E-state index < -0.39 is 6.04 Å². The maximum atomic E-state index is 6.16. The zero-order chi connectivity index (χ0) is 14.0. The predicted octanol–water partition coefficient (Wildman–Crippen LogP) is 2.42. The van der Waals surface area contributed by atoms with Gasteiger partial charge < -0.3 is 15.0 Å². The lowest BCUT2D eigenvalue weighted by Crippen LogP contribution is -2.15. The van der Waals surface area contributed by atoms with Gasteiger partial charge in [-0.15, -0.1) is 0 Å². The van der Waals surface area contributed by atoms with Gasteiger partial charge in [-0.2, -0.15) is 4.98 Å². The van der Waals surface area contributed by atoms with Crippen LogP contribution in [0, 0.1) is 0 Å². The molecule has 0 aliphatic heterocycles. The Bertz CT molecular complexity index is 558. The minimum absolute atomic E-state index is 0.181. The van der Waals surface area contributed by atoms with Crippen molar-refractivity contribution < 1.29 is 9.26 Å². The molecule has 1 heterocycles. The van der Waals surface area contributed by atoms with Gasteiger partial charge in [-0.25, -0.2) is 0 Å². The fraction of sp³-hybridized carbons (Fsp3) is 0.429. The summed E-state index contributed by atoms with van der Waals surface area (Å²) < 4.78 is 10.4. The second-order valence-electron chi connectivity index (χ2n) is 5.46. The molecule has 2 rings (SSSR count). The summed E-state index contributed by atoms with van der Waals surface area (Å²) in [6.45, 7) is 6.05. The number of nitrogens with two attached hydrogens (primary N) is 1. The molecule has 102 valence electrons. The van der Waals surface area contributed by atoms with Crippen LogP contribution in [0.5, 0.6) is 5.75 Å². The highest BCUT2D eigenvalue weighted by atomic mass is 16.5. The van der Waals surface area contributed by atoms with Crippen molar-refractivity contribution in [2.45, 2.75) is 32.2 Å².